The first kappa shape index (κ1) is 14.0. The molecule has 2 atom stereocenters. The van der Waals surface area contributed by atoms with Crippen molar-refractivity contribution in [2.75, 3.05) is 0 Å². The van der Waals surface area contributed by atoms with Crippen molar-refractivity contribution in [1.29, 1.82) is 0 Å². The second-order valence-corrected chi connectivity index (χ2v) is 3.54. The normalized spacial score (nSPS) is 17.1. The molecule has 0 amide bonds. The monoisotopic (exact) mass is 204 g/mol. The quantitative estimate of drug-likeness (QED) is 0.276. The Morgan fingerprint density at radius 2 is 0.929 bits per heavy atom. The minimum atomic E-state index is -1.83. The van der Waals surface area contributed by atoms with Crippen molar-refractivity contribution in [3.63, 3.8) is 0 Å². The van der Waals surface area contributed by atoms with Gasteiger partial charge in [-0.2, -0.15) is 0 Å². The van der Waals surface area contributed by atoms with Gasteiger partial charge in [-0.1, -0.05) is 13.8 Å². The summed E-state index contributed by atoms with van der Waals surface area (Å²) in [6.07, 6.45) is 0. The predicted molar refractivity (Wildman–Crippen MR) is 53.2 cm³/mol. The van der Waals surface area contributed by atoms with Gasteiger partial charge in [0.25, 0.3) is 0 Å². The highest BCUT2D eigenvalue weighted by molar-refractivity contribution is 6.54. The maximum atomic E-state index is 8.96. The maximum absolute atomic E-state index is 8.96. The number of rotatable bonds is 5. The molecule has 6 N–H and O–H groups in total. The highest BCUT2D eigenvalue weighted by Crippen LogP contribution is 2.38. The molecule has 0 aromatic rings. The topological polar surface area (TPSA) is 121 Å². The van der Waals surface area contributed by atoms with Crippen LogP contribution in [0.1, 0.15) is 13.8 Å². The molecule has 0 aliphatic carbocycles. The van der Waals surface area contributed by atoms with E-state index >= 15 is 0 Å². The van der Waals surface area contributed by atoms with Crippen LogP contribution in [0.25, 0.3) is 0 Å². The molecule has 80 valence electrons. The molecule has 0 rings (SSSR count). The van der Waals surface area contributed by atoms with E-state index in [9.17, 15) is 0 Å². The van der Waals surface area contributed by atoms with Crippen molar-refractivity contribution in [3.8, 4) is 0 Å². The van der Waals surface area contributed by atoms with Crippen LogP contribution < -0.4 is 0 Å². The zero-order chi connectivity index (χ0) is 11.5. The molecule has 2 unspecified atom stereocenters. The Morgan fingerprint density at radius 1 is 0.643 bits per heavy atom. The maximum Gasteiger partial charge on any atom is 0.454 e. The zero-order valence-corrected chi connectivity index (χ0v) is 8.15. The standard InChI is InChI=1S/C5H15B3O6/c1-3(6(9)10)5(8(13)14)4(2)7(11)12/h3-5,9-14H,1-2H3. The summed E-state index contributed by atoms with van der Waals surface area (Å²) in [6.45, 7) is 2.77. The average Bonchev–Trinajstić information content (AvgIpc) is 2.03. The summed E-state index contributed by atoms with van der Waals surface area (Å²) in [5, 5.41) is 53.3. The Bertz CT molecular complexity index is 152. The number of hydrogen-bond donors (Lipinski definition) is 6. The minimum absolute atomic E-state index is 0.869. The second-order valence-electron chi connectivity index (χ2n) is 3.54. The SMILES string of the molecule is CC(B(O)O)C(B(O)O)C(C)B(O)O. The van der Waals surface area contributed by atoms with E-state index in [1.807, 2.05) is 0 Å². The van der Waals surface area contributed by atoms with Crippen molar-refractivity contribution in [2.24, 2.45) is 0 Å². The summed E-state index contributed by atoms with van der Waals surface area (Å²) in [7, 11) is -5.30. The van der Waals surface area contributed by atoms with Gasteiger partial charge in [-0.25, -0.2) is 0 Å². The lowest BCUT2D eigenvalue weighted by Crippen LogP contribution is -2.37. The van der Waals surface area contributed by atoms with Gasteiger partial charge in [-0.3, -0.25) is 0 Å². The van der Waals surface area contributed by atoms with Gasteiger partial charge in [0.15, 0.2) is 0 Å². The highest BCUT2D eigenvalue weighted by atomic mass is 16.4. The smallest absolute Gasteiger partial charge is 0.427 e. The Balaban J connectivity index is 4.59. The Morgan fingerprint density at radius 3 is 1.07 bits per heavy atom. The molecular formula is C5H15B3O6. The van der Waals surface area contributed by atoms with Crippen LogP contribution in [0.4, 0.5) is 0 Å². The lowest BCUT2D eigenvalue weighted by molar-refractivity contribution is 0.326. The summed E-state index contributed by atoms with van der Waals surface area (Å²) in [4.78, 5) is 0. The van der Waals surface area contributed by atoms with E-state index in [2.05, 4.69) is 0 Å². The third-order valence-electron chi connectivity index (χ3n) is 2.50. The molecular weight excluding hydrogens is 188 g/mol. The Labute approximate surface area is 83.6 Å². The van der Waals surface area contributed by atoms with E-state index in [-0.39, 0.29) is 0 Å². The molecule has 0 aromatic heterocycles. The molecule has 9 heteroatoms. The molecule has 0 aromatic carbocycles. The molecule has 14 heavy (non-hydrogen) atoms. The predicted octanol–water partition coefficient (Wildman–Crippen LogP) is -2.44. The first-order chi connectivity index (χ1) is 6.29. The molecule has 0 spiro atoms. The molecule has 0 radical (unpaired) electrons. The van der Waals surface area contributed by atoms with E-state index in [1.165, 1.54) is 13.8 Å². The van der Waals surface area contributed by atoms with Gasteiger partial charge < -0.3 is 30.1 Å². The van der Waals surface area contributed by atoms with E-state index in [0.717, 1.165) is 0 Å². The molecule has 6 nitrogen and oxygen atoms in total. The van der Waals surface area contributed by atoms with E-state index in [4.69, 9.17) is 30.1 Å². The van der Waals surface area contributed by atoms with Gasteiger partial charge in [0, 0.05) is 0 Å². The van der Waals surface area contributed by atoms with Crippen LogP contribution in [0.3, 0.4) is 0 Å². The molecule has 0 bridgehead atoms. The van der Waals surface area contributed by atoms with E-state index < -0.39 is 38.8 Å². The summed E-state index contributed by atoms with van der Waals surface area (Å²) >= 11 is 0. The van der Waals surface area contributed by atoms with Crippen molar-refractivity contribution in [2.45, 2.75) is 31.3 Å². The fourth-order valence-electron chi connectivity index (χ4n) is 1.42. The molecule has 0 fully saturated rings. The molecule has 0 heterocycles. The molecule has 0 saturated heterocycles. The second kappa shape index (κ2) is 5.74. The van der Waals surface area contributed by atoms with Crippen molar-refractivity contribution < 1.29 is 30.1 Å². The van der Waals surface area contributed by atoms with Crippen LogP contribution >= 0.6 is 0 Å². The largest absolute Gasteiger partial charge is 0.454 e. The fraction of sp³-hybridized carbons (Fsp3) is 1.00. The van der Waals surface area contributed by atoms with E-state index in [1.54, 1.807) is 0 Å². The third-order valence-corrected chi connectivity index (χ3v) is 2.50. The average molecular weight is 204 g/mol. The highest BCUT2D eigenvalue weighted by Gasteiger charge is 2.42. The third kappa shape index (κ3) is 3.60. The van der Waals surface area contributed by atoms with Crippen LogP contribution in [0.15, 0.2) is 0 Å². The summed E-state index contributed by atoms with van der Waals surface area (Å²) in [6, 6.07) is 0. The Hall–Kier alpha value is -0.0452. The lowest BCUT2D eigenvalue weighted by Gasteiger charge is -2.27. The molecule has 0 aliphatic rings. The van der Waals surface area contributed by atoms with Gasteiger partial charge >= 0.3 is 21.4 Å². The fourth-order valence-corrected chi connectivity index (χ4v) is 1.42. The number of hydrogen-bond acceptors (Lipinski definition) is 6. The van der Waals surface area contributed by atoms with Crippen LogP contribution in [0, 0.1) is 0 Å². The first-order valence-corrected chi connectivity index (χ1v) is 4.37. The van der Waals surface area contributed by atoms with Gasteiger partial charge in [0.05, 0.1) is 0 Å². The van der Waals surface area contributed by atoms with Gasteiger partial charge in [0.1, 0.15) is 0 Å². The zero-order valence-electron chi connectivity index (χ0n) is 8.15. The Kier molecular flexibility index (Phi) is 5.72. The minimum Gasteiger partial charge on any atom is -0.427 e. The first-order valence-electron chi connectivity index (χ1n) is 4.37. The van der Waals surface area contributed by atoms with Gasteiger partial charge in [-0.15, -0.1) is 0 Å². The summed E-state index contributed by atoms with van der Waals surface area (Å²) in [5.74, 6) is -2.76. The van der Waals surface area contributed by atoms with Gasteiger partial charge in [-0.05, 0) is 17.5 Å². The van der Waals surface area contributed by atoms with Crippen LogP contribution in [0.2, 0.25) is 17.5 Å². The van der Waals surface area contributed by atoms with Crippen molar-refractivity contribution >= 4 is 21.4 Å². The molecule has 0 saturated carbocycles. The van der Waals surface area contributed by atoms with Crippen molar-refractivity contribution in [1.82, 2.24) is 0 Å². The van der Waals surface area contributed by atoms with E-state index in [0.29, 0.717) is 0 Å². The summed E-state index contributed by atoms with van der Waals surface area (Å²) in [5.41, 5.74) is 0. The van der Waals surface area contributed by atoms with Crippen molar-refractivity contribution in [3.05, 3.63) is 0 Å². The lowest BCUT2D eigenvalue weighted by atomic mass is 9.45. The molecule has 0 aliphatic heterocycles. The van der Waals surface area contributed by atoms with Crippen LogP contribution in [0.5, 0.6) is 0 Å². The summed E-state index contributed by atoms with van der Waals surface area (Å²) < 4.78 is 0. The van der Waals surface area contributed by atoms with Gasteiger partial charge in [0.2, 0.25) is 0 Å². The van der Waals surface area contributed by atoms with Crippen LogP contribution in [-0.4, -0.2) is 51.5 Å². The van der Waals surface area contributed by atoms with Crippen LogP contribution in [-0.2, 0) is 0 Å².